The molecule has 0 unspecified atom stereocenters. The first-order valence-corrected chi connectivity index (χ1v) is 7.68. The van der Waals surface area contributed by atoms with E-state index in [0.29, 0.717) is 34.2 Å². The molecule has 0 atom stereocenters. The number of aryl methyl sites for hydroxylation is 2. The summed E-state index contributed by atoms with van der Waals surface area (Å²) in [6.45, 7) is 4.45. The summed E-state index contributed by atoms with van der Waals surface area (Å²) in [6, 6.07) is 3.81. The van der Waals surface area contributed by atoms with Gasteiger partial charge in [0, 0.05) is 19.3 Å². The molecule has 0 aliphatic carbocycles. The third-order valence-electron chi connectivity index (χ3n) is 3.33. The summed E-state index contributed by atoms with van der Waals surface area (Å²) < 4.78 is 8.28. The fraction of sp³-hybridized carbons (Fsp3) is 0.267. The Kier molecular flexibility index (Phi) is 3.74. The van der Waals surface area contributed by atoms with Crippen LogP contribution >= 0.6 is 15.9 Å². The van der Waals surface area contributed by atoms with Gasteiger partial charge in [-0.2, -0.15) is 0 Å². The van der Waals surface area contributed by atoms with E-state index in [-0.39, 0.29) is 0 Å². The van der Waals surface area contributed by atoms with Crippen LogP contribution < -0.4 is 10.5 Å². The van der Waals surface area contributed by atoms with Crippen molar-refractivity contribution in [2.45, 2.75) is 13.8 Å². The van der Waals surface area contributed by atoms with Gasteiger partial charge in [-0.25, -0.2) is 15.0 Å². The van der Waals surface area contributed by atoms with Gasteiger partial charge in [-0.3, -0.25) is 0 Å². The highest BCUT2D eigenvalue weighted by atomic mass is 79.9. The lowest BCUT2D eigenvalue weighted by Crippen LogP contribution is -2.03. The first-order chi connectivity index (χ1) is 10.5. The maximum atomic E-state index is 5.93. The quantitative estimate of drug-likeness (QED) is 0.775. The lowest BCUT2D eigenvalue weighted by molar-refractivity contribution is 0.340. The molecule has 0 fully saturated rings. The fourth-order valence-corrected chi connectivity index (χ4v) is 2.60. The number of aromatic nitrogens is 4. The molecule has 0 radical (unpaired) electrons. The van der Waals surface area contributed by atoms with Crippen LogP contribution in [0.15, 0.2) is 22.8 Å². The minimum Gasteiger partial charge on any atom is -0.491 e. The van der Waals surface area contributed by atoms with Gasteiger partial charge in [-0.05, 0) is 41.4 Å². The van der Waals surface area contributed by atoms with Crippen LogP contribution in [0.5, 0.6) is 5.75 Å². The molecule has 0 aliphatic rings. The standard InChI is InChI=1S/C15H16BrN5O/c1-4-22-11-6-9(16)13(17)20-12(11)15-19-10-5-8(2)7-18-14(10)21(15)3/h5-7H,4H2,1-3H3,(H2,17,20). The van der Waals surface area contributed by atoms with Crippen molar-refractivity contribution in [1.82, 2.24) is 19.5 Å². The maximum Gasteiger partial charge on any atom is 0.164 e. The van der Waals surface area contributed by atoms with Crippen LogP contribution in [0.25, 0.3) is 22.7 Å². The topological polar surface area (TPSA) is 78.8 Å². The van der Waals surface area contributed by atoms with Gasteiger partial charge in [0.1, 0.15) is 17.1 Å². The Morgan fingerprint density at radius 3 is 2.82 bits per heavy atom. The number of hydrogen-bond acceptors (Lipinski definition) is 5. The molecule has 3 aromatic rings. The molecule has 22 heavy (non-hydrogen) atoms. The van der Waals surface area contributed by atoms with Crippen LogP contribution in [0.2, 0.25) is 0 Å². The molecule has 3 aromatic heterocycles. The zero-order chi connectivity index (χ0) is 15.9. The summed E-state index contributed by atoms with van der Waals surface area (Å²) >= 11 is 3.38. The number of halogens is 1. The highest BCUT2D eigenvalue weighted by Gasteiger charge is 2.18. The minimum absolute atomic E-state index is 0.398. The van der Waals surface area contributed by atoms with E-state index in [9.17, 15) is 0 Å². The van der Waals surface area contributed by atoms with Crippen molar-refractivity contribution in [1.29, 1.82) is 0 Å². The Morgan fingerprint density at radius 2 is 2.09 bits per heavy atom. The van der Waals surface area contributed by atoms with Crippen molar-refractivity contribution in [2.24, 2.45) is 7.05 Å². The van der Waals surface area contributed by atoms with Gasteiger partial charge in [-0.1, -0.05) is 0 Å². The number of anilines is 1. The molecule has 2 N–H and O–H groups in total. The van der Waals surface area contributed by atoms with Gasteiger partial charge in [-0.15, -0.1) is 0 Å². The van der Waals surface area contributed by atoms with E-state index in [2.05, 4.69) is 30.9 Å². The number of nitrogens with two attached hydrogens (primary N) is 1. The Morgan fingerprint density at radius 1 is 1.32 bits per heavy atom. The lowest BCUT2D eigenvalue weighted by Gasteiger charge is -2.11. The molecule has 0 aliphatic heterocycles. The van der Waals surface area contributed by atoms with E-state index in [1.165, 1.54) is 0 Å². The van der Waals surface area contributed by atoms with Crippen molar-refractivity contribution >= 4 is 32.9 Å². The second kappa shape index (κ2) is 5.57. The van der Waals surface area contributed by atoms with E-state index in [1.54, 1.807) is 0 Å². The SMILES string of the molecule is CCOc1cc(Br)c(N)nc1-c1nc2cc(C)cnc2n1C. The fourth-order valence-electron chi connectivity index (χ4n) is 2.30. The third kappa shape index (κ3) is 2.41. The van der Waals surface area contributed by atoms with Crippen molar-refractivity contribution in [3.63, 3.8) is 0 Å². The van der Waals surface area contributed by atoms with E-state index < -0.39 is 0 Å². The zero-order valence-corrected chi connectivity index (χ0v) is 14.2. The Labute approximate surface area is 136 Å². The number of fused-ring (bicyclic) bond motifs is 1. The number of nitrogen functional groups attached to an aromatic ring is 1. The number of imidazole rings is 1. The van der Waals surface area contributed by atoms with E-state index >= 15 is 0 Å². The zero-order valence-electron chi connectivity index (χ0n) is 12.6. The molecule has 0 saturated carbocycles. The van der Waals surface area contributed by atoms with Crippen LogP contribution in [0.3, 0.4) is 0 Å². The Bertz CT molecular complexity index is 859. The van der Waals surface area contributed by atoms with Gasteiger partial charge in [0.2, 0.25) is 0 Å². The molecule has 3 heterocycles. The van der Waals surface area contributed by atoms with Crippen molar-refractivity contribution < 1.29 is 4.74 Å². The van der Waals surface area contributed by atoms with E-state index in [1.807, 2.05) is 43.8 Å². The Hall–Kier alpha value is -2.15. The second-order valence-electron chi connectivity index (χ2n) is 4.99. The number of rotatable bonds is 3. The molecule has 0 spiro atoms. The minimum atomic E-state index is 0.398. The summed E-state index contributed by atoms with van der Waals surface area (Å²) in [6.07, 6.45) is 1.82. The predicted octanol–water partition coefficient (Wildman–Crippen LogP) is 3.08. The van der Waals surface area contributed by atoms with Crippen molar-refractivity contribution in [3.8, 4) is 17.3 Å². The van der Waals surface area contributed by atoms with E-state index in [0.717, 1.165) is 16.7 Å². The van der Waals surface area contributed by atoms with Gasteiger partial charge < -0.3 is 15.0 Å². The normalized spacial score (nSPS) is 11.1. The Balaban J connectivity index is 2.26. The number of pyridine rings is 2. The van der Waals surface area contributed by atoms with Crippen LogP contribution in [0.1, 0.15) is 12.5 Å². The smallest absolute Gasteiger partial charge is 0.164 e. The average Bonchev–Trinajstić information content (AvgIpc) is 2.79. The molecule has 0 amide bonds. The molecule has 7 heteroatoms. The van der Waals surface area contributed by atoms with Crippen LogP contribution in [-0.2, 0) is 7.05 Å². The summed E-state index contributed by atoms with van der Waals surface area (Å²) in [5, 5.41) is 0. The predicted molar refractivity (Wildman–Crippen MR) is 89.8 cm³/mol. The molecule has 0 bridgehead atoms. The number of nitrogens with zero attached hydrogens (tertiary/aromatic N) is 4. The molecular formula is C15H16BrN5O. The monoisotopic (exact) mass is 361 g/mol. The summed E-state index contributed by atoms with van der Waals surface area (Å²) in [7, 11) is 1.91. The molecule has 114 valence electrons. The number of hydrogen-bond donors (Lipinski definition) is 1. The first kappa shape index (κ1) is 14.8. The van der Waals surface area contributed by atoms with Gasteiger partial charge in [0.05, 0.1) is 11.1 Å². The lowest BCUT2D eigenvalue weighted by atomic mass is 10.3. The molecule has 3 rings (SSSR count). The summed E-state index contributed by atoms with van der Waals surface area (Å²) in [5.41, 5.74) is 9.22. The van der Waals surface area contributed by atoms with E-state index in [4.69, 9.17) is 10.5 Å². The van der Waals surface area contributed by atoms with Gasteiger partial charge in [0.15, 0.2) is 17.2 Å². The van der Waals surface area contributed by atoms with Crippen molar-refractivity contribution in [2.75, 3.05) is 12.3 Å². The average molecular weight is 362 g/mol. The van der Waals surface area contributed by atoms with Crippen LogP contribution in [0.4, 0.5) is 5.82 Å². The van der Waals surface area contributed by atoms with Crippen LogP contribution in [-0.4, -0.2) is 26.1 Å². The third-order valence-corrected chi connectivity index (χ3v) is 3.96. The highest BCUT2D eigenvalue weighted by Crippen LogP contribution is 2.34. The van der Waals surface area contributed by atoms with Crippen LogP contribution in [0, 0.1) is 6.92 Å². The molecule has 0 saturated heterocycles. The summed E-state index contributed by atoms with van der Waals surface area (Å²) in [4.78, 5) is 13.5. The molecular weight excluding hydrogens is 346 g/mol. The second-order valence-corrected chi connectivity index (χ2v) is 5.84. The summed E-state index contributed by atoms with van der Waals surface area (Å²) in [5.74, 6) is 1.71. The van der Waals surface area contributed by atoms with Gasteiger partial charge >= 0.3 is 0 Å². The highest BCUT2D eigenvalue weighted by molar-refractivity contribution is 9.10. The largest absolute Gasteiger partial charge is 0.491 e. The van der Waals surface area contributed by atoms with Crippen molar-refractivity contribution in [3.05, 3.63) is 28.4 Å². The van der Waals surface area contributed by atoms with Gasteiger partial charge in [0.25, 0.3) is 0 Å². The molecule has 0 aromatic carbocycles. The maximum absolute atomic E-state index is 5.93. The first-order valence-electron chi connectivity index (χ1n) is 6.89. The number of ether oxygens (including phenoxy) is 1. The molecule has 6 nitrogen and oxygen atoms in total.